The smallest absolute Gasteiger partial charge is 0.323 e. The summed E-state index contributed by atoms with van der Waals surface area (Å²) in [5.41, 5.74) is 3.22. The molecule has 0 saturated carbocycles. The molecule has 2 atom stereocenters. The van der Waals surface area contributed by atoms with Crippen LogP contribution in [0.5, 0.6) is 0 Å². The van der Waals surface area contributed by atoms with Crippen molar-refractivity contribution in [3.05, 3.63) is 52.5 Å². The molecule has 136 valence electrons. The number of likely N-dealkylation sites (tertiary alicyclic amines) is 1. The van der Waals surface area contributed by atoms with Gasteiger partial charge >= 0.3 is 5.69 Å². The number of H-pyrrole nitrogens is 2. The lowest BCUT2D eigenvalue weighted by Gasteiger charge is -2.20. The van der Waals surface area contributed by atoms with Gasteiger partial charge in [0.25, 0.3) is 0 Å². The molecule has 0 spiro atoms. The predicted octanol–water partition coefficient (Wildman–Crippen LogP) is 0.346. The number of amides is 1. The minimum atomic E-state index is -0.241. The summed E-state index contributed by atoms with van der Waals surface area (Å²) in [7, 11) is 4.04. The van der Waals surface area contributed by atoms with E-state index in [9.17, 15) is 9.59 Å². The number of imidazole rings is 2. The molecule has 4 rings (SSSR count). The Labute approximate surface area is 150 Å². The van der Waals surface area contributed by atoms with Crippen LogP contribution in [0.2, 0.25) is 0 Å². The molecule has 1 aliphatic heterocycles. The first-order chi connectivity index (χ1) is 12.5. The molecule has 3 aromatic rings. The quantitative estimate of drug-likeness (QED) is 0.629. The zero-order valence-corrected chi connectivity index (χ0v) is 14.8. The van der Waals surface area contributed by atoms with Gasteiger partial charge in [-0.2, -0.15) is 0 Å². The van der Waals surface area contributed by atoms with Crippen LogP contribution < -0.4 is 11.0 Å². The first-order valence-corrected chi connectivity index (χ1v) is 8.64. The van der Waals surface area contributed by atoms with E-state index in [4.69, 9.17) is 0 Å². The molecule has 0 radical (unpaired) electrons. The first kappa shape index (κ1) is 16.6. The van der Waals surface area contributed by atoms with E-state index in [0.717, 1.165) is 29.9 Å². The van der Waals surface area contributed by atoms with Crippen LogP contribution in [0.1, 0.15) is 17.2 Å². The molecule has 0 bridgehead atoms. The van der Waals surface area contributed by atoms with E-state index in [1.807, 2.05) is 36.0 Å². The summed E-state index contributed by atoms with van der Waals surface area (Å²) in [4.78, 5) is 35.8. The summed E-state index contributed by atoms with van der Waals surface area (Å²) in [5, 5.41) is 3.18. The van der Waals surface area contributed by atoms with Crippen molar-refractivity contribution in [3.63, 3.8) is 0 Å². The van der Waals surface area contributed by atoms with Crippen LogP contribution in [-0.2, 0) is 18.3 Å². The Morgan fingerprint density at radius 1 is 1.27 bits per heavy atom. The van der Waals surface area contributed by atoms with Gasteiger partial charge in [0.1, 0.15) is 0 Å². The summed E-state index contributed by atoms with van der Waals surface area (Å²) in [5.74, 6) is 0.203. The zero-order valence-electron chi connectivity index (χ0n) is 14.8. The molecular weight excluding hydrogens is 332 g/mol. The number of nitrogens with one attached hydrogen (secondary N) is 3. The molecule has 1 saturated heterocycles. The van der Waals surface area contributed by atoms with Crippen molar-refractivity contribution >= 4 is 16.9 Å². The molecule has 0 unspecified atom stereocenters. The number of carbonyl (C=O) groups excluding carboxylic acids is 1. The monoisotopic (exact) mass is 354 g/mol. The molecule has 1 aromatic carbocycles. The summed E-state index contributed by atoms with van der Waals surface area (Å²) >= 11 is 0. The number of fused-ring (bicyclic) bond motifs is 1. The second kappa shape index (κ2) is 6.45. The summed E-state index contributed by atoms with van der Waals surface area (Å²) in [6.45, 7) is 1.70. The van der Waals surface area contributed by atoms with Gasteiger partial charge < -0.3 is 24.8 Å². The second-order valence-electron chi connectivity index (χ2n) is 7.07. The molecule has 3 heterocycles. The van der Waals surface area contributed by atoms with Crippen LogP contribution in [0.25, 0.3) is 11.0 Å². The van der Waals surface area contributed by atoms with Crippen LogP contribution in [-0.4, -0.2) is 56.5 Å². The molecular formula is C18H22N6O2. The van der Waals surface area contributed by atoms with Crippen molar-refractivity contribution in [2.24, 2.45) is 7.05 Å². The topological polar surface area (TPSA) is 98.8 Å². The van der Waals surface area contributed by atoms with Crippen molar-refractivity contribution in [2.75, 3.05) is 20.1 Å². The molecule has 8 nitrogen and oxygen atoms in total. The lowest BCUT2D eigenvalue weighted by molar-refractivity contribution is -0.121. The van der Waals surface area contributed by atoms with E-state index >= 15 is 0 Å². The Morgan fingerprint density at radius 2 is 2.08 bits per heavy atom. The largest absolute Gasteiger partial charge is 0.351 e. The summed E-state index contributed by atoms with van der Waals surface area (Å²) in [6, 6.07) is 5.58. The number of hydrogen-bond acceptors (Lipinski definition) is 4. The number of aryl methyl sites for hydroxylation is 1. The molecule has 2 aromatic heterocycles. The molecule has 3 N–H and O–H groups in total. The minimum Gasteiger partial charge on any atom is -0.351 e. The Hall–Kier alpha value is -2.87. The molecule has 1 aliphatic rings. The van der Waals surface area contributed by atoms with E-state index in [1.165, 1.54) is 0 Å². The number of aromatic nitrogens is 4. The van der Waals surface area contributed by atoms with Crippen LogP contribution in [0.15, 0.2) is 35.5 Å². The van der Waals surface area contributed by atoms with Gasteiger partial charge in [0.15, 0.2) is 0 Å². The van der Waals surface area contributed by atoms with Gasteiger partial charge in [-0.3, -0.25) is 4.79 Å². The highest BCUT2D eigenvalue weighted by molar-refractivity contribution is 5.81. The number of benzene rings is 1. The predicted molar refractivity (Wildman–Crippen MR) is 98.0 cm³/mol. The number of likely N-dealkylation sites (N-methyl/N-ethyl adjacent to an activating group) is 1. The third kappa shape index (κ3) is 3.15. The number of hydrogen-bond donors (Lipinski definition) is 3. The standard InChI is InChI=1S/C18H22N6O2/c1-23-8-12(16-7-19-10-24(16)2)15(9-23)20-17(25)6-11-3-4-13-14(5-11)22-18(26)21-13/h3-5,7,10,12,15H,6,8-9H2,1-2H3,(H,20,25)(H2,21,22,26)/t12-,15-/m1/s1. The SMILES string of the molecule is CN1C[C@@H](NC(=O)Cc2ccc3[nH]c(=O)[nH]c3c2)[C@H](c2cncn2C)C1. The van der Waals surface area contributed by atoms with Crippen LogP contribution in [0.3, 0.4) is 0 Å². The highest BCUT2D eigenvalue weighted by Crippen LogP contribution is 2.26. The Balaban J connectivity index is 1.47. The second-order valence-corrected chi connectivity index (χ2v) is 7.07. The Bertz CT molecular complexity index is 1000. The average molecular weight is 354 g/mol. The first-order valence-electron chi connectivity index (χ1n) is 8.64. The summed E-state index contributed by atoms with van der Waals surface area (Å²) < 4.78 is 2.01. The van der Waals surface area contributed by atoms with Crippen LogP contribution >= 0.6 is 0 Å². The third-order valence-corrected chi connectivity index (χ3v) is 5.03. The van der Waals surface area contributed by atoms with Gasteiger partial charge in [-0.05, 0) is 24.7 Å². The number of aromatic amines is 2. The lowest BCUT2D eigenvalue weighted by atomic mass is 9.99. The average Bonchev–Trinajstić information content (AvgIpc) is 3.25. The van der Waals surface area contributed by atoms with Gasteiger partial charge in [-0.1, -0.05) is 6.07 Å². The van der Waals surface area contributed by atoms with E-state index in [0.29, 0.717) is 5.52 Å². The maximum atomic E-state index is 12.6. The minimum absolute atomic E-state index is 0.0188. The van der Waals surface area contributed by atoms with Gasteiger partial charge in [0.2, 0.25) is 5.91 Å². The number of rotatable bonds is 4. The van der Waals surface area contributed by atoms with Gasteiger partial charge in [0.05, 0.1) is 29.8 Å². The van der Waals surface area contributed by atoms with Crippen molar-refractivity contribution in [1.82, 2.24) is 29.7 Å². The van der Waals surface area contributed by atoms with Crippen LogP contribution in [0.4, 0.5) is 0 Å². The number of carbonyl (C=O) groups is 1. The fourth-order valence-corrected chi connectivity index (χ4v) is 3.80. The molecule has 1 amide bonds. The third-order valence-electron chi connectivity index (χ3n) is 5.03. The Kier molecular flexibility index (Phi) is 4.12. The van der Waals surface area contributed by atoms with E-state index < -0.39 is 0 Å². The van der Waals surface area contributed by atoms with E-state index in [2.05, 4.69) is 32.2 Å². The summed E-state index contributed by atoms with van der Waals surface area (Å²) in [6.07, 6.45) is 3.94. The van der Waals surface area contributed by atoms with Crippen molar-refractivity contribution < 1.29 is 4.79 Å². The normalized spacial score (nSPS) is 20.7. The maximum Gasteiger partial charge on any atom is 0.323 e. The van der Waals surface area contributed by atoms with Gasteiger partial charge in [0, 0.05) is 37.9 Å². The number of nitrogens with zero attached hydrogens (tertiary/aromatic N) is 3. The Morgan fingerprint density at radius 3 is 2.85 bits per heavy atom. The lowest BCUT2D eigenvalue weighted by Crippen LogP contribution is -2.40. The molecule has 8 heteroatoms. The zero-order chi connectivity index (χ0) is 18.3. The van der Waals surface area contributed by atoms with Gasteiger partial charge in [-0.15, -0.1) is 0 Å². The molecule has 0 aliphatic carbocycles. The van der Waals surface area contributed by atoms with E-state index in [-0.39, 0.29) is 30.0 Å². The van der Waals surface area contributed by atoms with Crippen molar-refractivity contribution in [1.29, 1.82) is 0 Å². The fourth-order valence-electron chi connectivity index (χ4n) is 3.80. The molecule has 1 fully saturated rings. The van der Waals surface area contributed by atoms with Crippen molar-refractivity contribution in [2.45, 2.75) is 18.4 Å². The fraction of sp³-hybridized carbons (Fsp3) is 0.389. The van der Waals surface area contributed by atoms with Crippen LogP contribution in [0, 0.1) is 0 Å². The highest BCUT2D eigenvalue weighted by Gasteiger charge is 2.34. The van der Waals surface area contributed by atoms with E-state index in [1.54, 1.807) is 6.33 Å². The highest BCUT2D eigenvalue weighted by atomic mass is 16.2. The molecule has 26 heavy (non-hydrogen) atoms. The maximum absolute atomic E-state index is 12.6. The van der Waals surface area contributed by atoms with Crippen molar-refractivity contribution in [3.8, 4) is 0 Å². The van der Waals surface area contributed by atoms with Gasteiger partial charge in [-0.25, -0.2) is 9.78 Å².